The molecule has 2 amide bonds. The SMILES string of the molecule is O=C(CCc1nnc(C2CCCC2)o1)NCc1cccc(NC(=O)C2CCC2)c1. The van der Waals surface area contributed by atoms with E-state index in [2.05, 4.69) is 20.8 Å². The number of nitrogens with one attached hydrogen (secondary N) is 2. The van der Waals surface area contributed by atoms with Gasteiger partial charge in [0.05, 0.1) is 0 Å². The zero-order valence-corrected chi connectivity index (χ0v) is 16.7. The molecule has 1 aromatic carbocycles. The first-order valence-electron chi connectivity index (χ1n) is 10.7. The predicted molar refractivity (Wildman–Crippen MR) is 108 cm³/mol. The van der Waals surface area contributed by atoms with Crippen LogP contribution < -0.4 is 10.6 Å². The monoisotopic (exact) mass is 396 g/mol. The summed E-state index contributed by atoms with van der Waals surface area (Å²) in [6.07, 6.45) is 8.51. The molecule has 2 aliphatic carbocycles. The zero-order chi connectivity index (χ0) is 20.1. The smallest absolute Gasteiger partial charge is 0.227 e. The van der Waals surface area contributed by atoms with Crippen LogP contribution in [0.4, 0.5) is 5.69 Å². The van der Waals surface area contributed by atoms with Gasteiger partial charge in [-0.15, -0.1) is 10.2 Å². The number of aromatic nitrogens is 2. The number of nitrogens with zero attached hydrogens (tertiary/aromatic N) is 2. The Morgan fingerprint density at radius 2 is 1.90 bits per heavy atom. The Morgan fingerprint density at radius 3 is 2.66 bits per heavy atom. The molecule has 0 unspecified atom stereocenters. The van der Waals surface area contributed by atoms with Crippen molar-refractivity contribution in [2.24, 2.45) is 5.92 Å². The van der Waals surface area contributed by atoms with Crippen molar-refractivity contribution in [1.29, 1.82) is 0 Å². The molecule has 2 saturated carbocycles. The number of hydrogen-bond acceptors (Lipinski definition) is 5. The second kappa shape index (κ2) is 9.20. The second-order valence-corrected chi connectivity index (χ2v) is 8.11. The molecule has 154 valence electrons. The molecule has 29 heavy (non-hydrogen) atoms. The van der Waals surface area contributed by atoms with Gasteiger partial charge in [0, 0.05) is 36.9 Å². The molecule has 0 radical (unpaired) electrons. The number of aryl methyl sites for hydroxylation is 1. The van der Waals surface area contributed by atoms with Crippen LogP contribution in [0.15, 0.2) is 28.7 Å². The maximum absolute atomic E-state index is 12.2. The molecule has 2 fully saturated rings. The number of rotatable bonds is 8. The molecule has 1 heterocycles. The molecule has 0 aliphatic heterocycles. The van der Waals surface area contributed by atoms with Crippen LogP contribution in [0.5, 0.6) is 0 Å². The van der Waals surface area contributed by atoms with Gasteiger partial charge in [0.25, 0.3) is 0 Å². The van der Waals surface area contributed by atoms with Gasteiger partial charge in [-0.05, 0) is 43.4 Å². The van der Waals surface area contributed by atoms with Gasteiger partial charge in [-0.2, -0.15) is 0 Å². The van der Waals surface area contributed by atoms with E-state index < -0.39 is 0 Å². The van der Waals surface area contributed by atoms with E-state index in [4.69, 9.17) is 4.42 Å². The number of benzene rings is 1. The minimum Gasteiger partial charge on any atom is -0.425 e. The minimum absolute atomic E-state index is 0.0606. The van der Waals surface area contributed by atoms with Crippen molar-refractivity contribution >= 4 is 17.5 Å². The van der Waals surface area contributed by atoms with Crippen LogP contribution >= 0.6 is 0 Å². The summed E-state index contributed by atoms with van der Waals surface area (Å²) in [5, 5.41) is 14.1. The van der Waals surface area contributed by atoms with Gasteiger partial charge in [-0.3, -0.25) is 9.59 Å². The van der Waals surface area contributed by atoms with Crippen LogP contribution in [0.2, 0.25) is 0 Å². The number of amides is 2. The first-order chi connectivity index (χ1) is 14.2. The lowest BCUT2D eigenvalue weighted by Crippen LogP contribution is -2.28. The molecule has 4 rings (SSSR count). The summed E-state index contributed by atoms with van der Waals surface area (Å²) in [7, 11) is 0. The van der Waals surface area contributed by atoms with Crippen LogP contribution in [0.1, 0.15) is 74.6 Å². The van der Waals surface area contributed by atoms with Crippen LogP contribution in [-0.2, 0) is 22.6 Å². The fraction of sp³-hybridized carbons (Fsp3) is 0.545. The van der Waals surface area contributed by atoms with E-state index in [1.807, 2.05) is 24.3 Å². The normalized spacial score (nSPS) is 17.1. The highest BCUT2D eigenvalue weighted by Crippen LogP contribution is 2.33. The van der Waals surface area contributed by atoms with E-state index in [1.54, 1.807) is 0 Å². The number of carbonyl (C=O) groups is 2. The summed E-state index contributed by atoms with van der Waals surface area (Å²) in [5.41, 5.74) is 1.73. The lowest BCUT2D eigenvalue weighted by atomic mass is 9.85. The summed E-state index contributed by atoms with van der Waals surface area (Å²) in [4.78, 5) is 24.3. The average Bonchev–Trinajstić information content (AvgIpc) is 3.35. The van der Waals surface area contributed by atoms with Gasteiger partial charge in [0.1, 0.15) is 0 Å². The predicted octanol–water partition coefficient (Wildman–Crippen LogP) is 3.71. The Bertz CT molecular complexity index is 853. The second-order valence-electron chi connectivity index (χ2n) is 8.11. The molecule has 2 aromatic rings. The summed E-state index contributed by atoms with van der Waals surface area (Å²) in [6, 6.07) is 7.61. The van der Waals surface area contributed by atoms with Crippen molar-refractivity contribution < 1.29 is 14.0 Å². The third kappa shape index (κ3) is 5.22. The van der Waals surface area contributed by atoms with Crippen LogP contribution in [0.3, 0.4) is 0 Å². The van der Waals surface area contributed by atoms with E-state index in [0.717, 1.165) is 49.2 Å². The van der Waals surface area contributed by atoms with E-state index in [0.29, 0.717) is 31.2 Å². The lowest BCUT2D eigenvalue weighted by Gasteiger charge is -2.24. The fourth-order valence-corrected chi connectivity index (χ4v) is 3.89. The topological polar surface area (TPSA) is 97.1 Å². The fourth-order valence-electron chi connectivity index (χ4n) is 3.89. The van der Waals surface area contributed by atoms with Crippen molar-refractivity contribution in [1.82, 2.24) is 15.5 Å². The van der Waals surface area contributed by atoms with Crippen LogP contribution in [0.25, 0.3) is 0 Å². The molecule has 0 bridgehead atoms. The molecule has 7 nitrogen and oxygen atoms in total. The maximum Gasteiger partial charge on any atom is 0.227 e. The van der Waals surface area contributed by atoms with Crippen molar-refractivity contribution in [3.05, 3.63) is 41.6 Å². The standard InChI is InChI=1S/C22H28N4O3/c27-19(11-12-20-25-26-22(29-20)17-6-1-2-7-17)23-14-15-5-3-10-18(13-15)24-21(28)16-8-4-9-16/h3,5,10,13,16-17H,1-2,4,6-9,11-12,14H2,(H,23,27)(H,24,28). The highest BCUT2D eigenvalue weighted by atomic mass is 16.4. The molecule has 0 saturated heterocycles. The van der Waals surface area contributed by atoms with Crippen LogP contribution in [-0.4, -0.2) is 22.0 Å². The van der Waals surface area contributed by atoms with E-state index in [-0.39, 0.29) is 17.7 Å². The Labute approximate surface area is 170 Å². The van der Waals surface area contributed by atoms with E-state index >= 15 is 0 Å². The summed E-state index contributed by atoms with van der Waals surface area (Å²) < 4.78 is 5.72. The van der Waals surface area contributed by atoms with Gasteiger partial charge in [-0.25, -0.2) is 0 Å². The molecule has 0 atom stereocenters. The van der Waals surface area contributed by atoms with Gasteiger partial charge < -0.3 is 15.1 Å². The van der Waals surface area contributed by atoms with Crippen molar-refractivity contribution in [3.63, 3.8) is 0 Å². The Hall–Kier alpha value is -2.70. The Morgan fingerprint density at radius 1 is 1.07 bits per heavy atom. The third-order valence-corrected chi connectivity index (χ3v) is 5.91. The lowest BCUT2D eigenvalue weighted by molar-refractivity contribution is -0.122. The highest BCUT2D eigenvalue weighted by Gasteiger charge is 2.25. The van der Waals surface area contributed by atoms with E-state index in [9.17, 15) is 9.59 Å². The molecule has 2 aliphatic rings. The largest absolute Gasteiger partial charge is 0.425 e. The average molecular weight is 396 g/mol. The van der Waals surface area contributed by atoms with Crippen LogP contribution in [0, 0.1) is 5.92 Å². The van der Waals surface area contributed by atoms with Crippen molar-refractivity contribution in [2.75, 3.05) is 5.32 Å². The quantitative estimate of drug-likeness (QED) is 0.709. The first kappa shape index (κ1) is 19.6. The molecule has 7 heteroatoms. The number of anilines is 1. The zero-order valence-electron chi connectivity index (χ0n) is 16.7. The van der Waals surface area contributed by atoms with Crippen molar-refractivity contribution in [3.8, 4) is 0 Å². The number of hydrogen-bond donors (Lipinski definition) is 2. The van der Waals surface area contributed by atoms with Gasteiger partial charge in [0.15, 0.2) is 0 Å². The van der Waals surface area contributed by atoms with Gasteiger partial charge in [0.2, 0.25) is 23.6 Å². The summed E-state index contributed by atoms with van der Waals surface area (Å²) in [6.45, 7) is 0.420. The molecular formula is C22H28N4O3. The molecule has 0 spiro atoms. The molecule has 2 N–H and O–H groups in total. The van der Waals surface area contributed by atoms with Gasteiger partial charge in [-0.1, -0.05) is 31.4 Å². The summed E-state index contributed by atoms with van der Waals surface area (Å²) in [5.74, 6) is 1.82. The molecule has 1 aromatic heterocycles. The summed E-state index contributed by atoms with van der Waals surface area (Å²) >= 11 is 0. The molecular weight excluding hydrogens is 368 g/mol. The minimum atomic E-state index is -0.0606. The number of carbonyl (C=O) groups excluding carboxylic acids is 2. The van der Waals surface area contributed by atoms with E-state index in [1.165, 1.54) is 12.8 Å². The highest BCUT2D eigenvalue weighted by molar-refractivity contribution is 5.93. The third-order valence-electron chi connectivity index (χ3n) is 5.91. The van der Waals surface area contributed by atoms with Gasteiger partial charge >= 0.3 is 0 Å². The van der Waals surface area contributed by atoms with Crippen molar-refractivity contribution in [2.45, 2.75) is 70.3 Å². The Kier molecular flexibility index (Phi) is 6.22. The maximum atomic E-state index is 12.2. The Balaban J connectivity index is 1.21. The first-order valence-corrected chi connectivity index (χ1v) is 10.7.